The number of ether oxygens (including phenoxy) is 1. The van der Waals surface area contributed by atoms with Crippen molar-refractivity contribution >= 4 is 0 Å². The number of hydrogen-bond donors (Lipinski definition) is 0. The van der Waals surface area contributed by atoms with Crippen LogP contribution in [0.15, 0.2) is 0 Å². The van der Waals surface area contributed by atoms with Crippen LogP contribution in [-0.2, 0) is 4.74 Å². The van der Waals surface area contributed by atoms with E-state index in [4.69, 9.17) is 4.74 Å². The van der Waals surface area contributed by atoms with Gasteiger partial charge in [0.2, 0.25) is 0 Å². The maximum absolute atomic E-state index is 5.53. The van der Waals surface area contributed by atoms with Gasteiger partial charge >= 0.3 is 0 Å². The van der Waals surface area contributed by atoms with Gasteiger partial charge in [0, 0.05) is 6.61 Å². The molecule has 0 radical (unpaired) electrons. The van der Waals surface area contributed by atoms with Gasteiger partial charge in [-0.15, -0.1) is 0 Å². The van der Waals surface area contributed by atoms with E-state index < -0.39 is 0 Å². The molecule has 2 rings (SSSR count). The van der Waals surface area contributed by atoms with Crippen molar-refractivity contribution in [2.45, 2.75) is 40.0 Å². The van der Waals surface area contributed by atoms with Crippen LogP contribution in [0.3, 0.4) is 0 Å². The van der Waals surface area contributed by atoms with E-state index >= 15 is 0 Å². The van der Waals surface area contributed by atoms with Crippen molar-refractivity contribution in [1.29, 1.82) is 0 Å². The average Bonchev–Trinajstić information content (AvgIpc) is 2.28. The Morgan fingerprint density at radius 1 is 1.25 bits per heavy atom. The molecule has 2 fully saturated rings. The zero-order chi connectivity index (χ0) is 8.82. The van der Waals surface area contributed by atoms with Crippen LogP contribution < -0.4 is 0 Å². The Morgan fingerprint density at radius 3 is 2.33 bits per heavy atom. The van der Waals surface area contributed by atoms with E-state index in [1.165, 1.54) is 19.3 Å². The third kappa shape index (κ3) is 1.10. The summed E-state index contributed by atoms with van der Waals surface area (Å²) in [6, 6.07) is 0. The third-order valence-electron chi connectivity index (χ3n) is 3.85. The van der Waals surface area contributed by atoms with Crippen molar-refractivity contribution in [2.75, 3.05) is 13.2 Å². The monoisotopic (exact) mass is 168 g/mol. The Labute approximate surface area is 75.5 Å². The molecule has 1 saturated heterocycles. The predicted molar refractivity (Wildman–Crippen MR) is 50.0 cm³/mol. The minimum atomic E-state index is 0.492. The fourth-order valence-corrected chi connectivity index (χ4v) is 3.14. The van der Waals surface area contributed by atoms with Gasteiger partial charge in [-0.3, -0.25) is 0 Å². The fourth-order valence-electron chi connectivity index (χ4n) is 3.14. The first-order valence-corrected chi connectivity index (χ1v) is 5.12. The zero-order valence-electron chi connectivity index (χ0n) is 8.52. The van der Waals surface area contributed by atoms with Crippen LogP contribution in [0.5, 0.6) is 0 Å². The Balaban J connectivity index is 2.09. The summed E-state index contributed by atoms with van der Waals surface area (Å²) in [7, 11) is 0. The normalized spacial score (nSPS) is 41.8. The van der Waals surface area contributed by atoms with Crippen molar-refractivity contribution in [3.63, 3.8) is 0 Å². The quantitative estimate of drug-likeness (QED) is 0.540. The van der Waals surface area contributed by atoms with E-state index in [1.54, 1.807) is 0 Å². The standard InChI is InChI=1S/C11H20O/c1-10(2,3)9-4-5-11(9)6-7-12-8-11/h9H,4-8H2,1-3H3/t9?,11-/m1/s1. The molecular formula is C11H20O. The molecule has 1 heterocycles. The molecule has 0 N–H and O–H groups in total. The van der Waals surface area contributed by atoms with Crippen LogP contribution >= 0.6 is 0 Å². The molecule has 0 aromatic heterocycles. The summed E-state index contributed by atoms with van der Waals surface area (Å²) < 4.78 is 5.53. The molecule has 1 aliphatic carbocycles. The van der Waals surface area contributed by atoms with E-state index in [2.05, 4.69) is 20.8 Å². The first kappa shape index (κ1) is 8.55. The molecule has 1 unspecified atom stereocenters. The summed E-state index contributed by atoms with van der Waals surface area (Å²) in [5.41, 5.74) is 1.09. The summed E-state index contributed by atoms with van der Waals surface area (Å²) >= 11 is 0. The second-order valence-corrected chi connectivity index (χ2v) is 5.62. The van der Waals surface area contributed by atoms with E-state index in [9.17, 15) is 0 Å². The van der Waals surface area contributed by atoms with E-state index in [-0.39, 0.29) is 0 Å². The highest BCUT2D eigenvalue weighted by molar-refractivity contribution is 5.02. The minimum absolute atomic E-state index is 0.492. The van der Waals surface area contributed by atoms with Gasteiger partial charge in [0.25, 0.3) is 0 Å². The third-order valence-corrected chi connectivity index (χ3v) is 3.85. The molecule has 1 nitrogen and oxygen atoms in total. The Kier molecular flexibility index (Phi) is 1.76. The molecule has 0 amide bonds. The Bertz CT molecular complexity index is 172. The summed E-state index contributed by atoms with van der Waals surface area (Å²) in [6.45, 7) is 9.16. The lowest BCUT2D eigenvalue weighted by Crippen LogP contribution is -2.47. The molecule has 0 aromatic carbocycles. The molecule has 1 saturated carbocycles. The topological polar surface area (TPSA) is 9.23 Å². The zero-order valence-corrected chi connectivity index (χ0v) is 8.52. The van der Waals surface area contributed by atoms with Crippen LogP contribution in [0.25, 0.3) is 0 Å². The van der Waals surface area contributed by atoms with Gasteiger partial charge in [-0.05, 0) is 36.0 Å². The smallest absolute Gasteiger partial charge is 0.0526 e. The first-order chi connectivity index (χ1) is 5.55. The van der Waals surface area contributed by atoms with Gasteiger partial charge in [0.15, 0.2) is 0 Å². The van der Waals surface area contributed by atoms with Crippen molar-refractivity contribution in [1.82, 2.24) is 0 Å². The van der Waals surface area contributed by atoms with E-state index in [0.29, 0.717) is 10.8 Å². The minimum Gasteiger partial charge on any atom is -0.381 e. The van der Waals surface area contributed by atoms with Crippen LogP contribution in [-0.4, -0.2) is 13.2 Å². The first-order valence-electron chi connectivity index (χ1n) is 5.12. The van der Waals surface area contributed by atoms with Gasteiger partial charge in [-0.2, -0.15) is 0 Å². The predicted octanol–water partition coefficient (Wildman–Crippen LogP) is 2.85. The van der Waals surface area contributed by atoms with Crippen molar-refractivity contribution in [3.8, 4) is 0 Å². The van der Waals surface area contributed by atoms with Gasteiger partial charge in [-0.25, -0.2) is 0 Å². The Morgan fingerprint density at radius 2 is 2.00 bits per heavy atom. The SMILES string of the molecule is CC(C)(C)C1CC[C@]12CCOC2. The molecule has 12 heavy (non-hydrogen) atoms. The molecule has 0 aromatic rings. The van der Waals surface area contributed by atoms with Crippen LogP contribution in [0, 0.1) is 16.7 Å². The van der Waals surface area contributed by atoms with Crippen molar-refractivity contribution < 1.29 is 4.74 Å². The molecule has 0 bridgehead atoms. The van der Waals surface area contributed by atoms with E-state index in [1.807, 2.05) is 0 Å². The largest absolute Gasteiger partial charge is 0.381 e. The summed E-state index contributed by atoms with van der Waals surface area (Å²) in [6.07, 6.45) is 4.15. The maximum Gasteiger partial charge on any atom is 0.0526 e. The van der Waals surface area contributed by atoms with Gasteiger partial charge in [0.05, 0.1) is 6.61 Å². The van der Waals surface area contributed by atoms with E-state index in [0.717, 1.165) is 19.1 Å². The van der Waals surface area contributed by atoms with Crippen molar-refractivity contribution in [3.05, 3.63) is 0 Å². The highest BCUT2D eigenvalue weighted by atomic mass is 16.5. The molecule has 70 valence electrons. The lowest BCUT2D eigenvalue weighted by Gasteiger charge is -2.53. The number of hydrogen-bond acceptors (Lipinski definition) is 1. The summed E-state index contributed by atoms with van der Waals surface area (Å²) in [5.74, 6) is 0.910. The lowest BCUT2D eigenvalue weighted by molar-refractivity contribution is -0.0501. The van der Waals surface area contributed by atoms with Crippen LogP contribution in [0.2, 0.25) is 0 Å². The molecular weight excluding hydrogens is 148 g/mol. The van der Waals surface area contributed by atoms with Crippen LogP contribution in [0.4, 0.5) is 0 Å². The van der Waals surface area contributed by atoms with Gasteiger partial charge in [0.1, 0.15) is 0 Å². The molecule has 1 heteroatoms. The van der Waals surface area contributed by atoms with Gasteiger partial charge < -0.3 is 4.74 Å². The average molecular weight is 168 g/mol. The van der Waals surface area contributed by atoms with Gasteiger partial charge in [-0.1, -0.05) is 20.8 Å². The fraction of sp³-hybridized carbons (Fsp3) is 1.00. The highest BCUT2D eigenvalue weighted by Gasteiger charge is 2.53. The summed E-state index contributed by atoms with van der Waals surface area (Å²) in [5, 5.41) is 0. The van der Waals surface area contributed by atoms with Crippen molar-refractivity contribution in [2.24, 2.45) is 16.7 Å². The Hall–Kier alpha value is -0.0400. The lowest BCUT2D eigenvalue weighted by atomic mass is 9.52. The second-order valence-electron chi connectivity index (χ2n) is 5.62. The van der Waals surface area contributed by atoms with Crippen LogP contribution in [0.1, 0.15) is 40.0 Å². The highest BCUT2D eigenvalue weighted by Crippen LogP contribution is 2.58. The molecule has 2 atom stereocenters. The molecule has 1 aliphatic heterocycles. The number of rotatable bonds is 0. The second kappa shape index (κ2) is 2.47. The maximum atomic E-state index is 5.53. The molecule has 1 spiro atoms. The molecule has 2 aliphatic rings. The summed E-state index contributed by atoms with van der Waals surface area (Å²) in [4.78, 5) is 0.